The quantitative estimate of drug-likeness (QED) is 0.158. The van der Waals surface area contributed by atoms with E-state index in [1.165, 1.54) is 0 Å². The lowest BCUT2D eigenvalue weighted by Gasteiger charge is -2.17. The van der Waals surface area contributed by atoms with Crippen LogP contribution in [0, 0.1) is 35.5 Å². The van der Waals surface area contributed by atoms with Crippen LogP contribution in [-0.2, 0) is 0 Å². The molecular formula is C60H36. The molecule has 0 saturated heterocycles. The van der Waals surface area contributed by atoms with Crippen LogP contribution >= 0.6 is 0 Å². The van der Waals surface area contributed by atoms with Gasteiger partial charge < -0.3 is 0 Å². The summed E-state index contributed by atoms with van der Waals surface area (Å²) >= 11 is 0. The third-order valence-electron chi connectivity index (χ3n) is 11.0. The molecule has 276 valence electrons. The summed E-state index contributed by atoms with van der Waals surface area (Å²) in [5, 5.41) is 6.80. The molecule has 0 unspecified atom stereocenters. The van der Waals surface area contributed by atoms with E-state index >= 15 is 0 Å². The second kappa shape index (κ2) is 16.3. The molecule has 0 heteroatoms. The first-order valence-corrected chi connectivity index (χ1v) is 20.2. The first kappa shape index (κ1) is 36.0. The van der Waals surface area contributed by atoms with Crippen molar-refractivity contribution in [3.05, 3.63) is 252 Å². The minimum Gasteiger partial charge on any atom is -0.0622 e. The average molecular weight is 757 g/mol. The Balaban J connectivity index is 1.27. The highest BCUT2D eigenvalue weighted by Crippen LogP contribution is 2.40. The normalized spacial score (nSPS) is 10.6. The van der Waals surface area contributed by atoms with Gasteiger partial charge in [0.1, 0.15) is 0 Å². The molecule has 10 aromatic rings. The van der Waals surface area contributed by atoms with Crippen molar-refractivity contribution in [3.8, 4) is 68.9 Å². The predicted octanol–water partition coefficient (Wildman–Crippen LogP) is 14.3. The topological polar surface area (TPSA) is 0 Å². The van der Waals surface area contributed by atoms with Gasteiger partial charge in [0.2, 0.25) is 0 Å². The minimum atomic E-state index is 0.974. The van der Waals surface area contributed by atoms with Gasteiger partial charge in [-0.3, -0.25) is 0 Å². The third-order valence-corrected chi connectivity index (χ3v) is 11.0. The molecule has 0 atom stereocenters. The van der Waals surface area contributed by atoms with Crippen LogP contribution in [0.15, 0.2) is 218 Å². The average Bonchev–Trinajstić information content (AvgIpc) is 3.32. The molecule has 10 rings (SSSR count). The molecule has 0 saturated carbocycles. The molecule has 0 aliphatic heterocycles. The van der Waals surface area contributed by atoms with Gasteiger partial charge in [0.05, 0.1) is 0 Å². The highest BCUT2D eigenvalue weighted by molar-refractivity contribution is 6.00. The van der Waals surface area contributed by atoms with Gasteiger partial charge in [-0.1, -0.05) is 199 Å². The molecule has 0 aliphatic rings. The zero-order valence-corrected chi connectivity index (χ0v) is 32.8. The van der Waals surface area contributed by atoms with E-state index in [4.69, 9.17) is 0 Å². The third kappa shape index (κ3) is 7.33. The van der Waals surface area contributed by atoms with Gasteiger partial charge in [0, 0.05) is 33.4 Å². The number of rotatable bonds is 3. The fraction of sp³-hybridized carbons (Fsp3) is 0. The van der Waals surface area contributed by atoms with Crippen LogP contribution in [0.1, 0.15) is 33.4 Å². The second-order valence-electron chi connectivity index (χ2n) is 14.8. The summed E-state index contributed by atoms with van der Waals surface area (Å²) in [6, 6.07) is 76.5. The van der Waals surface area contributed by atoms with E-state index < -0.39 is 0 Å². The Hall–Kier alpha value is -8.34. The highest BCUT2D eigenvalue weighted by atomic mass is 14.2. The van der Waals surface area contributed by atoms with Gasteiger partial charge in [-0.25, -0.2) is 0 Å². The first-order valence-electron chi connectivity index (χ1n) is 20.2. The van der Waals surface area contributed by atoms with Gasteiger partial charge in [-0.2, -0.15) is 0 Å². The molecule has 0 fully saturated rings. The molecule has 0 spiro atoms. The molecule has 0 radical (unpaired) electrons. The Morgan fingerprint density at radius 2 is 0.483 bits per heavy atom. The monoisotopic (exact) mass is 756 g/mol. The highest BCUT2D eigenvalue weighted by Gasteiger charge is 2.17. The number of fused-ring (bicyclic) bond motifs is 3. The van der Waals surface area contributed by atoms with Crippen molar-refractivity contribution < 1.29 is 0 Å². The Kier molecular flexibility index (Phi) is 9.76. The molecule has 0 nitrogen and oxygen atoms in total. The molecule has 0 aromatic heterocycles. The van der Waals surface area contributed by atoms with Gasteiger partial charge in [-0.15, -0.1) is 0 Å². The maximum atomic E-state index is 3.64. The summed E-state index contributed by atoms with van der Waals surface area (Å²) in [4.78, 5) is 0. The van der Waals surface area contributed by atoms with Crippen LogP contribution in [0.2, 0.25) is 0 Å². The zero-order chi connectivity index (χ0) is 40.1. The smallest absolute Gasteiger partial charge is 0.0405 e. The Morgan fingerprint density at radius 3 is 0.783 bits per heavy atom. The summed E-state index contributed by atoms with van der Waals surface area (Å²) in [6.07, 6.45) is 0. The Labute approximate surface area is 351 Å². The van der Waals surface area contributed by atoms with Crippen LogP contribution in [0.4, 0.5) is 0 Å². The molecule has 0 bridgehead atoms. The largest absolute Gasteiger partial charge is 0.0622 e. The summed E-state index contributed by atoms with van der Waals surface area (Å²) in [6.45, 7) is 0. The zero-order valence-electron chi connectivity index (χ0n) is 32.8. The Bertz CT molecular complexity index is 3030. The second-order valence-corrected chi connectivity index (χ2v) is 14.8. The lowest BCUT2D eigenvalue weighted by Crippen LogP contribution is -1.94. The molecular weight excluding hydrogens is 721 g/mol. The summed E-state index contributed by atoms with van der Waals surface area (Å²) < 4.78 is 0. The number of hydrogen-bond donors (Lipinski definition) is 0. The van der Waals surface area contributed by atoms with Crippen molar-refractivity contribution in [1.82, 2.24) is 0 Å². The molecule has 0 amide bonds. The summed E-state index contributed by atoms with van der Waals surface area (Å²) in [5.41, 5.74) is 12.3. The standard InChI is InChI=1S/C60H36/c1-4-16-43(17-5-1)28-34-58-52-25-13-10-22-46(52)31-37-55(58)49-40-50(56-38-32-47-23-11-14-26-53(47)59(56)35-29-44-18-6-2-7-19-44)42-51(41-49)57-39-33-48-24-12-15-27-54(48)60(57)36-30-45-20-8-3-9-21-45/h1-27,31-33,37-42H. The van der Waals surface area contributed by atoms with E-state index in [2.05, 4.69) is 199 Å². The van der Waals surface area contributed by atoms with Crippen LogP contribution in [0.3, 0.4) is 0 Å². The molecule has 0 aliphatic carbocycles. The van der Waals surface area contributed by atoms with Crippen LogP contribution in [-0.4, -0.2) is 0 Å². The van der Waals surface area contributed by atoms with Crippen molar-refractivity contribution in [2.24, 2.45) is 0 Å². The molecule has 0 N–H and O–H groups in total. The maximum Gasteiger partial charge on any atom is 0.0405 e. The van der Waals surface area contributed by atoms with Crippen molar-refractivity contribution in [2.45, 2.75) is 0 Å². The molecule has 0 heterocycles. The lowest BCUT2D eigenvalue weighted by molar-refractivity contribution is 1.56. The Morgan fingerprint density at radius 1 is 0.217 bits per heavy atom. The van der Waals surface area contributed by atoms with E-state index in [0.717, 1.165) is 99.1 Å². The predicted molar refractivity (Wildman–Crippen MR) is 253 cm³/mol. The van der Waals surface area contributed by atoms with Gasteiger partial charge >= 0.3 is 0 Å². The molecule has 10 aromatic carbocycles. The molecule has 60 heavy (non-hydrogen) atoms. The van der Waals surface area contributed by atoms with Crippen molar-refractivity contribution in [2.75, 3.05) is 0 Å². The van der Waals surface area contributed by atoms with Crippen molar-refractivity contribution >= 4 is 32.3 Å². The first-order chi connectivity index (χ1) is 29.7. The van der Waals surface area contributed by atoms with E-state index in [1.54, 1.807) is 0 Å². The van der Waals surface area contributed by atoms with Gasteiger partial charge in [0.15, 0.2) is 0 Å². The van der Waals surface area contributed by atoms with Crippen molar-refractivity contribution in [1.29, 1.82) is 0 Å². The van der Waals surface area contributed by atoms with Crippen LogP contribution in [0.5, 0.6) is 0 Å². The van der Waals surface area contributed by atoms with Gasteiger partial charge in [-0.05, 0) is 120 Å². The number of benzene rings is 10. The van der Waals surface area contributed by atoms with Crippen molar-refractivity contribution in [3.63, 3.8) is 0 Å². The van der Waals surface area contributed by atoms with E-state index in [-0.39, 0.29) is 0 Å². The van der Waals surface area contributed by atoms with E-state index in [0.29, 0.717) is 0 Å². The van der Waals surface area contributed by atoms with Crippen LogP contribution < -0.4 is 0 Å². The SMILES string of the molecule is C(#Cc1c(-c2cc(-c3ccc4ccccc4c3C#Cc3ccccc3)cc(-c3ccc4ccccc4c3C#Cc3ccccc3)c2)ccc2ccccc12)c1ccccc1. The summed E-state index contributed by atoms with van der Waals surface area (Å²) in [7, 11) is 0. The van der Waals surface area contributed by atoms with Crippen LogP contribution in [0.25, 0.3) is 65.7 Å². The summed E-state index contributed by atoms with van der Waals surface area (Å²) in [5.74, 6) is 21.4. The van der Waals surface area contributed by atoms with E-state index in [1.807, 2.05) is 54.6 Å². The maximum absolute atomic E-state index is 3.64. The fourth-order valence-corrected chi connectivity index (χ4v) is 8.00. The van der Waals surface area contributed by atoms with E-state index in [9.17, 15) is 0 Å². The van der Waals surface area contributed by atoms with Gasteiger partial charge in [0.25, 0.3) is 0 Å². The fourth-order valence-electron chi connectivity index (χ4n) is 8.00. The minimum absolute atomic E-state index is 0.974. The number of hydrogen-bond acceptors (Lipinski definition) is 0. The lowest BCUT2D eigenvalue weighted by atomic mass is 9.86.